The van der Waals surface area contributed by atoms with Crippen molar-refractivity contribution in [3.8, 4) is 0 Å². The lowest BCUT2D eigenvalue weighted by Crippen LogP contribution is -2.48. The Morgan fingerprint density at radius 1 is 1.38 bits per heavy atom. The number of nitrogens with zero attached hydrogens (tertiary/aromatic N) is 2. The first-order chi connectivity index (χ1) is 7.49. The molecule has 0 unspecified atom stereocenters. The minimum Gasteiger partial charge on any atom is -0.341 e. The van der Waals surface area contributed by atoms with Crippen LogP contribution >= 0.6 is 0 Å². The molecule has 0 saturated carbocycles. The molecule has 16 heavy (non-hydrogen) atoms. The molecule has 1 aliphatic rings. The number of nitrogens with one attached hydrogen (secondary N) is 1. The van der Waals surface area contributed by atoms with Crippen molar-refractivity contribution < 1.29 is 4.79 Å². The van der Waals surface area contributed by atoms with Crippen LogP contribution in [-0.2, 0) is 4.79 Å². The molecule has 94 valence electrons. The van der Waals surface area contributed by atoms with Crippen LogP contribution in [0.3, 0.4) is 0 Å². The first-order valence-corrected chi connectivity index (χ1v) is 6.17. The Morgan fingerprint density at radius 3 is 2.38 bits per heavy atom. The van der Waals surface area contributed by atoms with Crippen LogP contribution in [0.1, 0.15) is 26.7 Å². The summed E-state index contributed by atoms with van der Waals surface area (Å²) >= 11 is 0. The summed E-state index contributed by atoms with van der Waals surface area (Å²) in [5, 5.41) is 3.53. The predicted molar refractivity (Wildman–Crippen MR) is 66.4 cm³/mol. The lowest BCUT2D eigenvalue weighted by molar-refractivity contribution is -0.132. The van der Waals surface area contributed by atoms with Gasteiger partial charge < -0.3 is 15.1 Å². The van der Waals surface area contributed by atoms with Gasteiger partial charge in [0.2, 0.25) is 5.91 Å². The molecule has 0 aromatic rings. The van der Waals surface area contributed by atoms with Gasteiger partial charge in [-0.3, -0.25) is 4.79 Å². The van der Waals surface area contributed by atoms with E-state index in [0.29, 0.717) is 18.6 Å². The van der Waals surface area contributed by atoms with E-state index < -0.39 is 0 Å². The monoisotopic (exact) mass is 227 g/mol. The van der Waals surface area contributed by atoms with E-state index >= 15 is 0 Å². The summed E-state index contributed by atoms with van der Waals surface area (Å²) < 4.78 is 0. The van der Waals surface area contributed by atoms with Gasteiger partial charge >= 0.3 is 0 Å². The molecule has 4 nitrogen and oxygen atoms in total. The number of hydrogen-bond donors (Lipinski definition) is 1. The Hall–Kier alpha value is -0.610. The third-order valence-electron chi connectivity index (χ3n) is 2.87. The zero-order valence-corrected chi connectivity index (χ0v) is 11.0. The number of rotatable bonds is 4. The Morgan fingerprint density at radius 2 is 1.94 bits per heavy atom. The van der Waals surface area contributed by atoms with Crippen molar-refractivity contribution in [3.05, 3.63) is 0 Å². The van der Waals surface area contributed by atoms with Gasteiger partial charge in [0.1, 0.15) is 0 Å². The second-order valence-corrected chi connectivity index (χ2v) is 5.21. The van der Waals surface area contributed by atoms with Crippen LogP contribution < -0.4 is 5.32 Å². The highest BCUT2D eigenvalue weighted by Crippen LogP contribution is 2.11. The topological polar surface area (TPSA) is 35.6 Å². The minimum atomic E-state index is 0.257. The summed E-state index contributed by atoms with van der Waals surface area (Å²) in [5.74, 6) is 0.257. The number of amides is 1. The normalized spacial score (nSPS) is 18.5. The van der Waals surface area contributed by atoms with Crippen LogP contribution in [-0.4, -0.2) is 61.5 Å². The predicted octanol–water partition coefficient (Wildman–Crippen LogP) is 0.537. The zero-order valence-electron chi connectivity index (χ0n) is 11.0. The zero-order chi connectivity index (χ0) is 12.1. The fourth-order valence-electron chi connectivity index (χ4n) is 2.14. The van der Waals surface area contributed by atoms with E-state index in [2.05, 4.69) is 19.2 Å². The molecule has 1 amide bonds. The lowest BCUT2D eigenvalue weighted by Gasteiger charge is -2.34. The number of carbonyl (C=O) groups is 1. The molecule has 1 N–H and O–H groups in total. The molecule has 1 rings (SSSR count). The summed E-state index contributed by atoms with van der Waals surface area (Å²) in [4.78, 5) is 15.7. The van der Waals surface area contributed by atoms with Gasteiger partial charge in [0.15, 0.2) is 0 Å². The van der Waals surface area contributed by atoms with Crippen molar-refractivity contribution in [2.45, 2.75) is 38.8 Å². The van der Waals surface area contributed by atoms with Crippen molar-refractivity contribution in [1.82, 2.24) is 15.1 Å². The standard InChI is InChI=1S/C12H25N3O/c1-10(2)13-11-5-7-15(8-6-11)12(16)9-14(3)4/h10-11,13H,5-9H2,1-4H3. The van der Waals surface area contributed by atoms with Gasteiger partial charge in [0.05, 0.1) is 6.54 Å². The lowest BCUT2D eigenvalue weighted by atomic mass is 10.0. The highest BCUT2D eigenvalue weighted by Gasteiger charge is 2.22. The van der Waals surface area contributed by atoms with Crippen molar-refractivity contribution in [1.29, 1.82) is 0 Å². The smallest absolute Gasteiger partial charge is 0.236 e. The molecule has 1 fully saturated rings. The van der Waals surface area contributed by atoms with Gasteiger partial charge in [-0.25, -0.2) is 0 Å². The van der Waals surface area contributed by atoms with Gasteiger partial charge in [0.25, 0.3) is 0 Å². The highest BCUT2D eigenvalue weighted by atomic mass is 16.2. The number of likely N-dealkylation sites (N-methyl/N-ethyl adjacent to an activating group) is 1. The fourth-order valence-corrected chi connectivity index (χ4v) is 2.14. The van der Waals surface area contributed by atoms with Crippen molar-refractivity contribution >= 4 is 5.91 Å². The third-order valence-corrected chi connectivity index (χ3v) is 2.87. The van der Waals surface area contributed by atoms with Crippen molar-refractivity contribution in [2.24, 2.45) is 0 Å². The molecule has 0 aromatic carbocycles. The molecular formula is C12H25N3O. The molecule has 0 atom stereocenters. The van der Waals surface area contributed by atoms with Crippen LogP contribution in [0.25, 0.3) is 0 Å². The molecule has 1 aliphatic heterocycles. The molecule has 0 radical (unpaired) electrons. The summed E-state index contributed by atoms with van der Waals surface area (Å²) in [5.41, 5.74) is 0. The van der Waals surface area contributed by atoms with Gasteiger partial charge in [0, 0.05) is 25.2 Å². The van der Waals surface area contributed by atoms with Gasteiger partial charge in [-0.05, 0) is 26.9 Å². The third kappa shape index (κ3) is 4.49. The van der Waals surface area contributed by atoms with E-state index in [9.17, 15) is 4.79 Å². The first kappa shape index (κ1) is 13.5. The van der Waals surface area contributed by atoms with Crippen LogP contribution in [0.4, 0.5) is 0 Å². The first-order valence-electron chi connectivity index (χ1n) is 6.17. The fraction of sp³-hybridized carbons (Fsp3) is 0.917. The van der Waals surface area contributed by atoms with E-state index in [1.165, 1.54) is 0 Å². The average Bonchev–Trinajstić information content (AvgIpc) is 2.16. The SMILES string of the molecule is CC(C)NC1CCN(C(=O)CN(C)C)CC1. The average molecular weight is 227 g/mol. The largest absolute Gasteiger partial charge is 0.341 e. The second kappa shape index (κ2) is 6.21. The minimum absolute atomic E-state index is 0.257. The number of piperidine rings is 1. The van der Waals surface area contributed by atoms with Crippen LogP contribution in [0, 0.1) is 0 Å². The Balaban J connectivity index is 2.28. The van der Waals surface area contributed by atoms with Crippen molar-refractivity contribution in [3.63, 3.8) is 0 Å². The molecular weight excluding hydrogens is 202 g/mol. The van der Waals surface area contributed by atoms with E-state index in [4.69, 9.17) is 0 Å². The van der Waals surface area contributed by atoms with Crippen LogP contribution in [0.2, 0.25) is 0 Å². The quantitative estimate of drug-likeness (QED) is 0.761. The van der Waals surface area contributed by atoms with Gasteiger partial charge in [-0.1, -0.05) is 13.8 Å². The molecule has 0 bridgehead atoms. The van der Waals surface area contributed by atoms with Gasteiger partial charge in [-0.15, -0.1) is 0 Å². The Bertz CT molecular complexity index is 220. The number of likely N-dealkylation sites (tertiary alicyclic amines) is 1. The van der Waals surface area contributed by atoms with Crippen LogP contribution in [0.5, 0.6) is 0 Å². The Labute approximate surface area is 99.0 Å². The molecule has 1 saturated heterocycles. The summed E-state index contributed by atoms with van der Waals surface area (Å²) in [6.07, 6.45) is 2.16. The summed E-state index contributed by atoms with van der Waals surface area (Å²) in [6.45, 7) is 6.67. The van der Waals surface area contributed by atoms with Gasteiger partial charge in [-0.2, -0.15) is 0 Å². The summed E-state index contributed by atoms with van der Waals surface area (Å²) in [6, 6.07) is 1.12. The van der Waals surface area contributed by atoms with E-state index in [1.807, 2.05) is 23.9 Å². The number of carbonyl (C=O) groups excluding carboxylic acids is 1. The van der Waals surface area contributed by atoms with Crippen LogP contribution in [0.15, 0.2) is 0 Å². The number of hydrogen-bond acceptors (Lipinski definition) is 3. The van der Waals surface area contributed by atoms with E-state index in [1.54, 1.807) is 0 Å². The molecule has 1 heterocycles. The Kier molecular flexibility index (Phi) is 5.22. The maximum absolute atomic E-state index is 11.8. The van der Waals surface area contributed by atoms with E-state index in [-0.39, 0.29) is 5.91 Å². The molecule has 0 aliphatic carbocycles. The van der Waals surface area contributed by atoms with Crippen molar-refractivity contribution in [2.75, 3.05) is 33.7 Å². The molecule has 0 aromatic heterocycles. The maximum atomic E-state index is 11.8. The molecule has 0 spiro atoms. The molecule has 4 heteroatoms. The summed E-state index contributed by atoms with van der Waals surface area (Å²) in [7, 11) is 3.87. The second-order valence-electron chi connectivity index (χ2n) is 5.21. The maximum Gasteiger partial charge on any atom is 0.236 e. The van der Waals surface area contributed by atoms with E-state index in [0.717, 1.165) is 25.9 Å². The highest BCUT2D eigenvalue weighted by molar-refractivity contribution is 5.78.